The van der Waals surface area contributed by atoms with Crippen LogP contribution in [-0.2, 0) is 0 Å². The Labute approximate surface area is 134 Å². The third-order valence-electron chi connectivity index (χ3n) is 3.28. The topological polar surface area (TPSA) is 30.0 Å². The fraction of sp³-hybridized carbons (Fsp3) is 0.0526. The van der Waals surface area contributed by atoms with Gasteiger partial charge in [-0.1, -0.05) is 78.5 Å². The Bertz CT molecular complexity index is 729. The number of hydrogen-bond donors (Lipinski definition) is 0. The van der Waals surface area contributed by atoms with E-state index in [9.17, 15) is 4.79 Å². The number of pyridine rings is 1. The Morgan fingerprint density at radius 2 is 1.45 bits per heavy atom. The fourth-order valence-electron chi connectivity index (χ4n) is 2.19. The molecule has 22 heavy (non-hydrogen) atoms. The average Bonchev–Trinajstić information content (AvgIpc) is 2.61. The molecule has 0 saturated heterocycles. The minimum atomic E-state index is -0.293. The highest BCUT2D eigenvalue weighted by molar-refractivity contribution is 8.00. The zero-order valence-corrected chi connectivity index (χ0v) is 12.7. The third-order valence-corrected chi connectivity index (χ3v) is 4.48. The molecular formula is C19H15NOS. The summed E-state index contributed by atoms with van der Waals surface area (Å²) >= 11 is 1.48. The summed E-state index contributed by atoms with van der Waals surface area (Å²) < 4.78 is 0. The first-order valence-corrected chi connectivity index (χ1v) is 7.94. The minimum absolute atomic E-state index is 0.0995. The van der Waals surface area contributed by atoms with Gasteiger partial charge in [0.25, 0.3) is 0 Å². The van der Waals surface area contributed by atoms with Gasteiger partial charge in [0, 0.05) is 11.8 Å². The molecule has 0 radical (unpaired) electrons. The summed E-state index contributed by atoms with van der Waals surface area (Å²) in [6.07, 6.45) is 1.75. The molecule has 1 aromatic heterocycles. The highest BCUT2D eigenvalue weighted by Gasteiger charge is 2.23. The van der Waals surface area contributed by atoms with Crippen molar-refractivity contribution in [2.24, 2.45) is 0 Å². The maximum absolute atomic E-state index is 12.9. The van der Waals surface area contributed by atoms with Crippen LogP contribution >= 0.6 is 11.8 Å². The lowest BCUT2D eigenvalue weighted by molar-refractivity contribution is 0.0989. The van der Waals surface area contributed by atoms with Crippen molar-refractivity contribution < 1.29 is 4.79 Å². The number of nitrogens with zero attached hydrogens (tertiary/aromatic N) is 1. The van der Waals surface area contributed by atoms with Gasteiger partial charge >= 0.3 is 0 Å². The van der Waals surface area contributed by atoms with E-state index in [2.05, 4.69) is 4.98 Å². The van der Waals surface area contributed by atoms with Gasteiger partial charge in [0.05, 0.1) is 10.3 Å². The first kappa shape index (κ1) is 14.5. The van der Waals surface area contributed by atoms with Crippen molar-refractivity contribution in [2.45, 2.75) is 10.3 Å². The van der Waals surface area contributed by atoms with E-state index in [1.54, 1.807) is 6.20 Å². The van der Waals surface area contributed by atoms with E-state index in [0.29, 0.717) is 0 Å². The Hall–Kier alpha value is -2.39. The Morgan fingerprint density at radius 1 is 0.818 bits per heavy atom. The monoisotopic (exact) mass is 305 g/mol. The fourth-order valence-corrected chi connectivity index (χ4v) is 3.25. The molecule has 0 fully saturated rings. The van der Waals surface area contributed by atoms with Gasteiger partial charge in [-0.2, -0.15) is 0 Å². The van der Waals surface area contributed by atoms with Crippen molar-refractivity contribution in [3.05, 3.63) is 96.2 Å². The van der Waals surface area contributed by atoms with Crippen molar-refractivity contribution in [1.29, 1.82) is 0 Å². The van der Waals surface area contributed by atoms with Gasteiger partial charge in [0.1, 0.15) is 0 Å². The summed E-state index contributed by atoms with van der Waals surface area (Å²) in [4.78, 5) is 17.2. The molecule has 0 aliphatic rings. The molecule has 3 heteroatoms. The van der Waals surface area contributed by atoms with Crippen molar-refractivity contribution >= 4 is 17.5 Å². The molecule has 0 aliphatic heterocycles. The summed E-state index contributed by atoms with van der Waals surface area (Å²) in [7, 11) is 0. The van der Waals surface area contributed by atoms with E-state index < -0.39 is 0 Å². The highest BCUT2D eigenvalue weighted by atomic mass is 32.2. The van der Waals surface area contributed by atoms with Crippen molar-refractivity contribution in [3.8, 4) is 0 Å². The van der Waals surface area contributed by atoms with Crippen LogP contribution in [0.15, 0.2) is 90.1 Å². The van der Waals surface area contributed by atoms with Crippen molar-refractivity contribution in [2.75, 3.05) is 0 Å². The lowest BCUT2D eigenvalue weighted by atomic mass is 10.0. The van der Waals surface area contributed by atoms with E-state index in [4.69, 9.17) is 0 Å². The molecule has 0 spiro atoms. The van der Waals surface area contributed by atoms with Crippen LogP contribution in [0, 0.1) is 0 Å². The smallest absolute Gasteiger partial charge is 0.180 e. The lowest BCUT2D eigenvalue weighted by Gasteiger charge is -2.15. The van der Waals surface area contributed by atoms with Crippen LogP contribution in [0.25, 0.3) is 0 Å². The number of thioether (sulfide) groups is 1. The number of benzene rings is 2. The number of carbonyl (C=O) groups excluding carboxylic acids is 1. The first-order chi connectivity index (χ1) is 10.8. The lowest BCUT2D eigenvalue weighted by Crippen LogP contribution is -2.10. The number of rotatable bonds is 5. The molecule has 0 bridgehead atoms. The summed E-state index contributed by atoms with van der Waals surface area (Å²) in [5, 5.41) is 0.555. The van der Waals surface area contributed by atoms with Crippen LogP contribution in [0.2, 0.25) is 0 Å². The summed E-state index contributed by atoms with van der Waals surface area (Å²) in [6, 6.07) is 25.0. The van der Waals surface area contributed by atoms with Crippen LogP contribution in [0.1, 0.15) is 21.2 Å². The second kappa shape index (κ2) is 7.05. The number of hydrogen-bond acceptors (Lipinski definition) is 3. The number of carbonyl (C=O) groups is 1. The second-order valence-corrected chi connectivity index (χ2v) is 5.93. The summed E-state index contributed by atoms with van der Waals surface area (Å²) in [6.45, 7) is 0. The highest BCUT2D eigenvalue weighted by Crippen LogP contribution is 2.36. The standard InChI is InChI=1S/C19H15NOS/c21-18(15-9-3-1-4-10-15)19(16-11-5-2-6-12-16)22-17-13-7-8-14-20-17/h1-14,19H/t19-/m1/s1. The maximum Gasteiger partial charge on any atom is 0.180 e. The Morgan fingerprint density at radius 3 is 2.09 bits per heavy atom. The molecule has 2 aromatic carbocycles. The van der Waals surface area contributed by atoms with Crippen LogP contribution in [0.5, 0.6) is 0 Å². The molecule has 0 unspecified atom stereocenters. The molecule has 1 atom stereocenters. The quantitative estimate of drug-likeness (QED) is 0.501. The molecule has 3 aromatic rings. The van der Waals surface area contributed by atoms with Crippen molar-refractivity contribution in [1.82, 2.24) is 4.98 Å². The molecule has 0 saturated carbocycles. The van der Waals surface area contributed by atoms with E-state index in [-0.39, 0.29) is 11.0 Å². The molecule has 108 valence electrons. The van der Waals surface area contributed by atoms with Gasteiger partial charge in [0.15, 0.2) is 5.78 Å². The zero-order valence-electron chi connectivity index (χ0n) is 11.9. The summed E-state index contributed by atoms with van der Waals surface area (Å²) in [5.41, 5.74) is 1.71. The van der Waals surface area contributed by atoms with Gasteiger partial charge < -0.3 is 0 Å². The molecule has 0 N–H and O–H groups in total. The average molecular weight is 305 g/mol. The Balaban J connectivity index is 1.95. The largest absolute Gasteiger partial charge is 0.293 e. The normalized spacial score (nSPS) is 11.8. The van der Waals surface area contributed by atoms with Gasteiger partial charge in [-0.05, 0) is 17.7 Å². The number of ketones is 1. The Kier molecular flexibility index (Phi) is 4.66. The van der Waals surface area contributed by atoms with E-state index in [0.717, 1.165) is 16.2 Å². The molecule has 0 aliphatic carbocycles. The van der Waals surface area contributed by atoms with E-state index in [1.165, 1.54) is 11.8 Å². The minimum Gasteiger partial charge on any atom is -0.293 e. The van der Waals surface area contributed by atoms with Gasteiger partial charge in [0.2, 0.25) is 0 Å². The number of aromatic nitrogens is 1. The first-order valence-electron chi connectivity index (χ1n) is 7.06. The predicted molar refractivity (Wildman–Crippen MR) is 90.0 cm³/mol. The molecule has 2 nitrogen and oxygen atoms in total. The van der Waals surface area contributed by atoms with Gasteiger partial charge in [-0.3, -0.25) is 4.79 Å². The van der Waals surface area contributed by atoms with Crippen LogP contribution < -0.4 is 0 Å². The summed E-state index contributed by atoms with van der Waals surface area (Å²) in [5.74, 6) is 0.0995. The molecular weight excluding hydrogens is 290 g/mol. The predicted octanol–water partition coefficient (Wildman–Crippen LogP) is 4.80. The molecule has 0 amide bonds. The van der Waals surface area contributed by atoms with Crippen molar-refractivity contribution in [3.63, 3.8) is 0 Å². The van der Waals surface area contributed by atoms with E-state index in [1.807, 2.05) is 78.9 Å². The van der Waals surface area contributed by atoms with Crippen LogP contribution in [0.3, 0.4) is 0 Å². The second-order valence-electron chi connectivity index (χ2n) is 4.81. The zero-order chi connectivity index (χ0) is 15.2. The SMILES string of the molecule is O=C(c1ccccc1)[C@H](Sc1ccccn1)c1ccccc1. The number of Topliss-reactive ketones (excluding diaryl/α,β-unsaturated/α-hetero) is 1. The molecule has 1 heterocycles. The van der Waals surface area contributed by atoms with Gasteiger partial charge in [-0.25, -0.2) is 4.98 Å². The third kappa shape index (κ3) is 3.43. The van der Waals surface area contributed by atoms with Crippen LogP contribution in [0.4, 0.5) is 0 Å². The van der Waals surface area contributed by atoms with Gasteiger partial charge in [-0.15, -0.1) is 0 Å². The molecule has 3 rings (SSSR count). The maximum atomic E-state index is 12.9. The van der Waals surface area contributed by atoms with E-state index >= 15 is 0 Å². The van der Waals surface area contributed by atoms with Crippen LogP contribution in [-0.4, -0.2) is 10.8 Å².